The maximum Gasteiger partial charge on any atom is 0.161 e. The van der Waals surface area contributed by atoms with Crippen LogP contribution in [0.5, 0.6) is 11.5 Å². The van der Waals surface area contributed by atoms with Gasteiger partial charge in [-0.15, -0.1) is 0 Å². The molecule has 16 heavy (non-hydrogen) atoms. The van der Waals surface area contributed by atoms with E-state index in [4.69, 9.17) is 14.7 Å². The van der Waals surface area contributed by atoms with Gasteiger partial charge in [-0.2, -0.15) is 5.26 Å². The molecule has 0 N–H and O–H groups in total. The molecular weight excluding hydrogens is 202 g/mol. The number of rotatable bonds is 3. The van der Waals surface area contributed by atoms with Crippen LogP contribution in [0.2, 0.25) is 0 Å². The van der Waals surface area contributed by atoms with Crippen molar-refractivity contribution in [1.29, 1.82) is 5.26 Å². The van der Waals surface area contributed by atoms with Gasteiger partial charge in [-0.3, -0.25) is 0 Å². The molecule has 0 aromatic heterocycles. The third kappa shape index (κ3) is 2.27. The van der Waals surface area contributed by atoms with Crippen LogP contribution in [0.3, 0.4) is 0 Å². The fraction of sp³-hybridized carbons (Fsp3) is 0.462. The van der Waals surface area contributed by atoms with Crippen molar-refractivity contribution >= 4 is 0 Å². The molecule has 0 spiro atoms. The summed E-state index contributed by atoms with van der Waals surface area (Å²) in [4.78, 5) is 0. The Kier molecular flexibility index (Phi) is 3.31. The van der Waals surface area contributed by atoms with E-state index in [-0.39, 0.29) is 0 Å². The molecule has 1 unspecified atom stereocenters. The normalized spacial score (nSPS) is 15.2. The van der Waals surface area contributed by atoms with Gasteiger partial charge in [-0.25, -0.2) is 0 Å². The Balaban J connectivity index is 2.13. The van der Waals surface area contributed by atoms with Gasteiger partial charge in [0.15, 0.2) is 11.5 Å². The molecule has 1 heterocycles. The summed E-state index contributed by atoms with van der Waals surface area (Å²) in [6, 6.07) is 8.20. The summed E-state index contributed by atoms with van der Waals surface area (Å²) in [6.07, 6.45) is 1.48. The van der Waals surface area contributed by atoms with Gasteiger partial charge in [0.2, 0.25) is 0 Å². The lowest BCUT2D eigenvalue weighted by Crippen LogP contribution is -2.15. The fourth-order valence-corrected chi connectivity index (χ4v) is 1.81. The number of fused-ring (bicyclic) bond motifs is 1. The summed E-state index contributed by atoms with van der Waals surface area (Å²) in [5.41, 5.74) is 1.21. The largest absolute Gasteiger partial charge is 0.486 e. The van der Waals surface area contributed by atoms with Crippen LogP contribution in [0.25, 0.3) is 0 Å². The molecule has 2 rings (SSSR count). The van der Waals surface area contributed by atoms with E-state index in [0.29, 0.717) is 25.6 Å². The van der Waals surface area contributed by atoms with Crippen LogP contribution < -0.4 is 9.47 Å². The van der Waals surface area contributed by atoms with Gasteiger partial charge in [-0.1, -0.05) is 13.0 Å². The second-order valence-corrected chi connectivity index (χ2v) is 4.00. The van der Waals surface area contributed by atoms with E-state index < -0.39 is 0 Å². The zero-order chi connectivity index (χ0) is 11.4. The molecule has 0 radical (unpaired) electrons. The number of hydrogen-bond acceptors (Lipinski definition) is 3. The van der Waals surface area contributed by atoms with Crippen LogP contribution >= 0.6 is 0 Å². The van der Waals surface area contributed by atoms with Crippen LogP contribution in [-0.2, 0) is 0 Å². The van der Waals surface area contributed by atoms with Crippen molar-refractivity contribution < 1.29 is 9.47 Å². The average molecular weight is 217 g/mol. The van der Waals surface area contributed by atoms with Crippen molar-refractivity contribution in [3.63, 3.8) is 0 Å². The lowest BCUT2D eigenvalue weighted by molar-refractivity contribution is 0.171. The lowest BCUT2D eigenvalue weighted by atomic mass is 9.96. The van der Waals surface area contributed by atoms with Gasteiger partial charge in [-0.05, 0) is 30.0 Å². The highest BCUT2D eigenvalue weighted by molar-refractivity contribution is 5.44. The number of ether oxygens (including phenoxy) is 2. The summed E-state index contributed by atoms with van der Waals surface area (Å²) in [5.74, 6) is 2.03. The number of benzene rings is 1. The fourth-order valence-electron chi connectivity index (χ4n) is 1.81. The third-order valence-corrected chi connectivity index (χ3v) is 2.82. The topological polar surface area (TPSA) is 42.2 Å². The molecule has 84 valence electrons. The van der Waals surface area contributed by atoms with Crippen molar-refractivity contribution in [2.24, 2.45) is 0 Å². The molecule has 3 nitrogen and oxygen atoms in total. The van der Waals surface area contributed by atoms with Crippen LogP contribution in [0.15, 0.2) is 18.2 Å². The second-order valence-electron chi connectivity index (χ2n) is 4.00. The minimum Gasteiger partial charge on any atom is -0.486 e. The molecule has 1 aliphatic rings. The quantitative estimate of drug-likeness (QED) is 0.781. The van der Waals surface area contributed by atoms with Crippen molar-refractivity contribution in [3.05, 3.63) is 23.8 Å². The second kappa shape index (κ2) is 4.89. The first-order chi connectivity index (χ1) is 7.81. The molecule has 0 aliphatic carbocycles. The Hall–Kier alpha value is -1.69. The van der Waals surface area contributed by atoms with Gasteiger partial charge in [0.1, 0.15) is 13.2 Å². The molecule has 3 heteroatoms. The van der Waals surface area contributed by atoms with Gasteiger partial charge >= 0.3 is 0 Å². The van der Waals surface area contributed by atoms with Crippen LogP contribution in [0.4, 0.5) is 0 Å². The highest BCUT2D eigenvalue weighted by atomic mass is 16.6. The maximum atomic E-state index is 8.56. The molecular formula is C13H15NO2. The summed E-state index contributed by atoms with van der Waals surface area (Å²) >= 11 is 0. The summed E-state index contributed by atoms with van der Waals surface area (Å²) in [7, 11) is 0. The molecule has 1 atom stereocenters. The summed E-state index contributed by atoms with van der Waals surface area (Å²) < 4.78 is 11.0. The summed E-state index contributed by atoms with van der Waals surface area (Å²) in [5, 5.41) is 8.56. The van der Waals surface area contributed by atoms with Crippen molar-refractivity contribution in [2.45, 2.75) is 25.7 Å². The van der Waals surface area contributed by atoms with Gasteiger partial charge in [0.25, 0.3) is 0 Å². The highest BCUT2D eigenvalue weighted by Crippen LogP contribution is 2.33. The predicted octanol–water partition coefficient (Wildman–Crippen LogP) is 2.87. The van der Waals surface area contributed by atoms with Crippen molar-refractivity contribution in [2.75, 3.05) is 13.2 Å². The van der Waals surface area contributed by atoms with Crippen LogP contribution in [0, 0.1) is 11.3 Å². The van der Waals surface area contributed by atoms with Crippen LogP contribution in [0.1, 0.15) is 31.2 Å². The van der Waals surface area contributed by atoms with E-state index in [9.17, 15) is 0 Å². The SMILES string of the molecule is CC(CCC#N)c1ccc2c(c1)OCCO2. The number of nitriles is 1. The first-order valence-corrected chi connectivity index (χ1v) is 5.58. The van der Waals surface area contributed by atoms with Crippen molar-refractivity contribution in [1.82, 2.24) is 0 Å². The average Bonchev–Trinajstić information content (AvgIpc) is 2.35. The molecule has 1 aromatic carbocycles. The minimum absolute atomic E-state index is 0.385. The highest BCUT2D eigenvalue weighted by Gasteiger charge is 2.14. The lowest BCUT2D eigenvalue weighted by Gasteiger charge is -2.20. The Bertz CT molecular complexity index is 409. The Morgan fingerprint density at radius 2 is 2.06 bits per heavy atom. The monoisotopic (exact) mass is 217 g/mol. The Labute approximate surface area is 95.6 Å². The van der Waals surface area contributed by atoms with E-state index >= 15 is 0 Å². The minimum atomic E-state index is 0.385. The molecule has 0 bridgehead atoms. The maximum absolute atomic E-state index is 8.56. The standard InChI is InChI=1S/C13H15NO2/c1-10(3-2-6-14)11-4-5-12-13(9-11)16-8-7-15-12/h4-5,9-10H,2-3,7-8H2,1H3. The van der Waals surface area contributed by atoms with Crippen LogP contribution in [-0.4, -0.2) is 13.2 Å². The van der Waals surface area contributed by atoms with Crippen molar-refractivity contribution in [3.8, 4) is 17.6 Å². The Morgan fingerprint density at radius 3 is 2.81 bits per heavy atom. The number of hydrogen-bond donors (Lipinski definition) is 0. The van der Waals surface area contributed by atoms with Gasteiger partial charge in [0.05, 0.1) is 6.07 Å². The molecule has 1 aliphatic heterocycles. The van der Waals surface area contributed by atoms with Gasteiger partial charge < -0.3 is 9.47 Å². The van der Waals surface area contributed by atoms with E-state index in [1.54, 1.807) is 0 Å². The van der Waals surface area contributed by atoms with E-state index in [1.165, 1.54) is 5.56 Å². The predicted molar refractivity (Wildman–Crippen MR) is 60.7 cm³/mol. The third-order valence-electron chi connectivity index (χ3n) is 2.82. The van der Waals surface area contributed by atoms with Gasteiger partial charge in [0, 0.05) is 6.42 Å². The zero-order valence-corrected chi connectivity index (χ0v) is 9.40. The van der Waals surface area contributed by atoms with E-state index in [2.05, 4.69) is 19.1 Å². The van der Waals surface area contributed by atoms with E-state index in [1.807, 2.05) is 12.1 Å². The molecule has 1 aromatic rings. The molecule has 0 fully saturated rings. The number of nitrogens with zero attached hydrogens (tertiary/aromatic N) is 1. The van der Waals surface area contributed by atoms with E-state index in [0.717, 1.165) is 17.9 Å². The first-order valence-electron chi connectivity index (χ1n) is 5.58. The first kappa shape index (κ1) is 10.8. The Morgan fingerprint density at radius 1 is 1.31 bits per heavy atom. The zero-order valence-electron chi connectivity index (χ0n) is 9.40. The molecule has 0 amide bonds. The smallest absolute Gasteiger partial charge is 0.161 e. The summed E-state index contributed by atoms with van der Waals surface area (Å²) in [6.45, 7) is 3.36. The molecule has 0 saturated heterocycles. The molecule has 0 saturated carbocycles.